The van der Waals surface area contributed by atoms with Gasteiger partial charge in [-0.05, 0) is 12.5 Å². The summed E-state index contributed by atoms with van der Waals surface area (Å²) in [5, 5.41) is 15.7. The Labute approximate surface area is 104 Å². The molecule has 0 fully saturated rings. The van der Waals surface area contributed by atoms with Crippen LogP contribution in [0.25, 0.3) is 0 Å². The van der Waals surface area contributed by atoms with Gasteiger partial charge in [-0.2, -0.15) is 10.4 Å². The lowest BCUT2D eigenvalue weighted by Gasteiger charge is -2.23. The van der Waals surface area contributed by atoms with Crippen LogP contribution in [0.5, 0.6) is 5.75 Å². The second-order valence-corrected chi connectivity index (χ2v) is 4.20. The Morgan fingerprint density at radius 3 is 3.22 bits per heavy atom. The molecule has 0 spiro atoms. The van der Waals surface area contributed by atoms with Crippen LogP contribution < -0.4 is 4.74 Å². The van der Waals surface area contributed by atoms with E-state index in [1.54, 1.807) is 0 Å². The fraction of sp³-hybridized carbons (Fsp3) is 0.308. The van der Waals surface area contributed by atoms with Gasteiger partial charge in [0.15, 0.2) is 5.82 Å². The van der Waals surface area contributed by atoms with Gasteiger partial charge in [0.25, 0.3) is 0 Å². The fourth-order valence-corrected chi connectivity index (χ4v) is 2.23. The molecule has 2 aromatic rings. The Balaban J connectivity index is 1.95. The predicted octanol–water partition coefficient (Wildman–Crippen LogP) is 1.79. The van der Waals surface area contributed by atoms with Crippen molar-refractivity contribution in [2.45, 2.75) is 18.8 Å². The lowest BCUT2D eigenvalue weighted by atomic mass is 9.92. The van der Waals surface area contributed by atoms with Gasteiger partial charge in [0.05, 0.1) is 25.0 Å². The summed E-state index contributed by atoms with van der Waals surface area (Å²) in [5.41, 5.74) is 1.12. The first-order valence-electron chi connectivity index (χ1n) is 5.88. The number of nitriles is 1. The molecule has 0 saturated heterocycles. The Morgan fingerprint density at radius 2 is 2.33 bits per heavy atom. The summed E-state index contributed by atoms with van der Waals surface area (Å²) in [5.74, 6) is 2.42. The fourth-order valence-electron chi connectivity index (χ4n) is 2.23. The summed E-state index contributed by atoms with van der Waals surface area (Å²) in [4.78, 5) is 4.38. The third kappa shape index (κ3) is 1.82. The molecule has 18 heavy (non-hydrogen) atoms. The van der Waals surface area contributed by atoms with Gasteiger partial charge in [-0.25, -0.2) is 4.98 Å². The van der Waals surface area contributed by atoms with Crippen LogP contribution in [0.4, 0.5) is 0 Å². The highest BCUT2D eigenvalue weighted by Crippen LogP contribution is 2.36. The van der Waals surface area contributed by atoms with Crippen molar-refractivity contribution in [3.63, 3.8) is 0 Å². The molecule has 90 valence electrons. The quantitative estimate of drug-likeness (QED) is 0.868. The number of aromatic amines is 1. The van der Waals surface area contributed by atoms with Gasteiger partial charge in [0.2, 0.25) is 0 Å². The van der Waals surface area contributed by atoms with Crippen molar-refractivity contribution in [2.24, 2.45) is 0 Å². The molecule has 1 aromatic heterocycles. The first kappa shape index (κ1) is 10.8. The number of H-pyrrole nitrogens is 1. The number of hydrogen-bond acceptors (Lipinski definition) is 4. The van der Waals surface area contributed by atoms with Crippen molar-refractivity contribution in [1.82, 2.24) is 15.2 Å². The maximum absolute atomic E-state index is 8.64. The van der Waals surface area contributed by atoms with Gasteiger partial charge in [-0.3, -0.25) is 5.10 Å². The summed E-state index contributed by atoms with van der Waals surface area (Å²) in [6, 6.07) is 10.0. The van der Waals surface area contributed by atoms with Gasteiger partial charge in [-0.1, -0.05) is 18.2 Å². The highest BCUT2D eigenvalue weighted by atomic mass is 16.5. The van der Waals surface area contributed by atoms with Crippen LogP contribution in [0.3, 0.4) is 0 Å². The minimum Gasteiger partial charge on any atom is -0.493 e. The van der Waals surface area contributed by atoms with E-state index in [0.29, 0.717) is 12.4 Å². The number of hydrogen-bond donors (Lipinski definition) is 1. The van der Waals surface area contributed by atoms with Crippen LogP contribution >= 0.6 is 0 Å². The van der Waals surface area contributed by atoms with E-state index in [0.717, 1.165) is 23.6 Å². The summed E-state index contributed by atoms with van der Waals surface area (Å²) >= 11 is 0. The Bertz CT molecular complexity index is 599. The number of benzene rings is 1. The monoisotopic (exact) mass is 240 g/mol. The van der Waals surface area contributed by atoms with Crippen LogP contribution in [0.2, 0.25) is 0 Å². The molecular formula is C13H12N4O. The second kappa shape index (κ2) is 4.49. The number of para-hydroxylation sites is 1. The van der Waals surface area contributed by atoms with Crippen LogP contribution in [0, 0.1) is 11.3 Å². The van der Waals surface area contributed by atoms with E-state index >= 15 is 0 Å². The summed E-state index contributed by atoms with van der Waals surface area (Å²) < 4.78 is 5.61. The van der Waals surface area contributed by atoms with Crippen molar-refractivity contribution in [2.75, 3.05) is 6.61 Å². The minimum atomic E-state index is 0.152. The molecule has 1 aromatic carbocycles. The molecule has 5 nitrogen and oxygen atoms in total. The SMILES string of the molecule is N#CCc1nc(C2CCOc3ccccc32)n[nH]1. The highest BCUT2D eigenvalue weighted by molar-refractivity contribution is 5.40. The zero-order valence-electron chi connectivity index (χ0n) is 9.76. The van der Waals surface area contributed by atoms with Gasteiger partial charge >= 0.3 is 0 Å². The summed E-state index contributed by atoms with van der Waals surface area (Å²) in [6.07, 6.45) is 1.12. The second-order valence-electron chi connectivity index (χ2n) is 4.20. The van der Waals surface area contributed by atoms with Crippen LogP contribution in [0.15, 0.2) is 24.3 Å². The number of ether oxygens (including phenoxy) is 1. The van der Waals surface area contributed by atoms with Crippen molar-refractivity contribution in [3.05, 3.63) is 41.5 Å². The zero-order chi connectivity index (χ0) is 12.4. The molecule has 0 amide bonds. The normalized spacial score (nSPS) is 17.6. The maximum atomic E-state index is 8.64. The molecule has 1 aliphatic heterocycles. The standard InChI is InChI=1S/C13H12N4O/c14-7-5-12-15-13(17-16-12)10-6-8-18-11-4-2-1-3-9(10)11/h1-4,10H,5-6,8H2,(H,15,16,17). The number of fused-ring (bicyclic) bond motifs is 1. The van der Waals surface area contributed by atoms with E-state index in [1.807, 2.05) is 24.3 Å². The third-order valence-corrected chi connectivity index (χ3v) is 3.07. The minimum absolute atomic E-state index is 0.152. The number of nitrogens with one attached hydrogen (secondary N) is 1. The van der Waals surface area contributed by atoms with E-state index in [4.69, 9.17) is 10.00 Å². The lowest BCUT2D eigenvalue weighted by molar-refractivity contribution is 0.274. The smallest absolute Gasteiger partial charge is 0.158 e. The van der Waals surface area contributed by atoms with E-state index in [1.165, 1.54) is 0 Å². The predicted molar refractivity (Wildman–Crippen MR) is 64.1 cm³/mol. The molecule has 1 aliphatic rings. The molecular weight excluding hydrogens is 228 g/mol. The Hall–Kier alpha value is -2.35. The van der Waals surface area contributed by atoms with E-state index in [9.17, 15) is 0 Å². The van der Waals surface area contributed by atoms with E-state index in [-0.39, 0.29) is 12.3 Å². The highest BCUT2D eigenvalue weighted by Gasteiger charge is 2.25. The van der Waals surface area contributed by atoms with Gasteiger partial charge in [0, 0.05) is 5.56 Å². The number of rotatable bonds is 2. The lowest BCUT2D eigenvalue weighted by Crippen LogP contribution is -2.16. The Kier molecular flexibility index (Phi) is 2.69. The van der Waals surface area contributed by atoms with Crippen LogP contribution in [-0.2, 0) is 6.42 Å². The molecule has 5 heteroatoms. The molecule has 3 rings (SSSR count). The van der Waals surface area contributed by atoms with Gasteiger partial charge in [-0.15, -0.1) is 0 Å². The molecule has 0 aliphatic carbocycles. The van der Waals surface area contributed by atoms with Gasteiger partial charge in [0.1, 0.15) is 11.6 Å². The van der Waals surface area contributed by atoms with E-state index < -0.39 is 0 Å². The molecule has 1 N–H and O–H groups in total. The van der Waals surface area contributed by atoms with E-state index in [2.05, 4.69) is 21.3 Å². The first-order chi connectivity index (χ1) is 8.88. The molecule has 2 heterocycles. The molecule has 0 radical (unpaired) electrons. The van der Waals surface area contributed by atoms with Gasteiger partial charge < -0.3 is 4.74 Å². The first-order valence-corrected chi connectivity index (χ1v) is 5.88. The van der Waals surface area contributed by atoms with Crippen LogP contribution in [-0.4, -0.2) is 21.8 Å². The summed E-state index contributed by atoms with van der Waals surface area (Å²) in [7, 11) is 0. The largest absolute Gasteiger partial charge is 0.493 e. The van der Waals surface area contributed by atoms with Crippen molar-refractivity contribution in [1.29, 1.82) is 5.26 Å². The number of nitrogens with zero attached hydrogens (tertiary/aromatic N) is 3. The van der Waals surface area contributed by atoms with Crippen molar-refractivity contribution < 1.29 is 4.74 Å². The zero-order valence-corrected chi connectivity index (χ0v) is 9.76. The molecule has 0 bridgehead atoms. The average Bonchev–Trinajstić information content (AvgIpc) is 2.87. The third-order valence-electron chi connectivity index (χ3n) is 3.07. The average molecular weight is 240 g/mol. The molecule has 1 atom stereocenters. The maximum Gasteiger partial charge on any atom is 0.158 e. The molecule has 1 unspecified atom stereocenters. The number of aromatic nitrogens is 3. The molecule has 0 saturated carbocycles. The van der Waals surface area contributed by atoms with Crippen LogP contribution in [0.1, 0.15) is 29.6 Å². The Morgan fingerprint density at radius 1 is 1.44 bits per heavy atom. The van der Waals surface area contributed by atoms with Crippen molar-refractivity contribution in [3.8, 4) is 11.8 Å². The summed E-state index contributed by atoms with van der Waals surface area (Å²) in [6.45, 7) is 0.670. The topological polar surface area (TPSA) is 74.6 Å². The van der Waals surface area contributed by atoms with Crippen molar-refractivity contribution >= 4 is 0 Å².